The third kappa shape index (κ3) is 5.65. The second kappa shape index (κ2) is 10.5. The largest absolute Gasteiger partial charge is 0.537 e. The van der Waals surface area contributed by atoms with Gasteiger partial charge in [0, 0.05) is 5.19 Å². The molecular weight excluding hydrogens is 298 g/mol. The number of hydrogen-bond acceptors (Lipinski definition) is 6. The van der Waals surface area contributed by atoms with Gasteiger partial charge in [-0.25, -0.2) is 0 Å². The minimum atomic E-state index is -3.24. The van der Waals surface area contributed by atoms with E-state index in [1.165, 1.54) is 0 Å². The quantitative estimate of drug-likeness (QED) is 0.480. The van der Waals surface area contributed by atoms with Crippen molar-refractivity contribution in [3.63, 3.8) is 0 Å². The van der Waals surface area contributed by atoms with Crippen LogP contribution in [0.2, 0.25) is 0 Å². The second-order valence-corrected chi connectivity index (χ2v) is 6.75. The molecule has 22 heavy (non-hydrogen) atoms. The van der Waals surface area contributed by atoms with Gasteiger partial charge in [-0.05, 0) is 0 Å². The predicted molar refractivity (Wildman–Crippen MR) is 80.4 cm³/mol. The lowest BCUT2D eigenvalue weighted by molar-refractivity contribution is 0.0779. The van der Waals surface area contributed by atoms with Crippen molar-refractivity contribution in [3.05, 3.63) is 30.3 Å². The molecule has 7 heteroatoms. The summed E-state index contributed by atoms with van der Waals surface area (Å²) in [6, 6.07) is 15.2. The van der Waals surface area contributed by atoms with E-state index in [0.29, 0.717) is 0 Å². The highest BCUT2D eigenvalue weighted by molar-refractivity contribution is 6.75. The van der Waals surface area contributed by atoms with Gasteiger partial charge >= 0.3 is 8.80 Å². The molecule has 0 N–H and O–H groups in total. The van der Waals surface area contributed by atoms with Crippen LogP contribution in [0.3, 0.4) is 0 Å². The minimum Gasteiger partial charge on any atom is -0.369 e. The molecule has 0 heterocycles. The zero-order valence-corrected chi connectivity index (χ0v) is 13.2. The Labute approximate surface area is 131 Å². The smallest absolute Gasteiger partial charge is 0.369 e. The maximum atomic E-state index is 8.68. The molecule has 0 saturated carbocycles. The summed E-state index contributed by atoms with van der Waals surface area (Å²) in [5.41, 5.74) is 0. The van der Waals surface area contributed by atoms with Gasteiger partial charge in [0.2, 0.25) is 0 Å². The third-order valence-corrected chi connectivity index (χ3v) is 5.44. The molecule has 0 aliphatic rings. The van der Waals surface area contributed by atoms with Crippen LogP contribution in [0.15, 0.2) is 30.3 Å². The maximum absolute atomic E-state index is 8.68. The van der Waals surface area contributed by atoms with Crippen LogP contribution in [-0.2, 0) is 13.3 Å². The van der Waals surface area contributed by atoms with E-state index < -0.39 is 8.80 Å². The molecule has 0 fully saturated rings. The van der Waals surface area contributed by atoms with Gasteiger partial charge in [0.15, 0.2) is 0 Å². The Balaban J connectivity index is 2.97. The van der Waals surface area contributed by atoms with E-state index in [1.807, 2.05) is 48.5 Å². The zero-order valence-electron chi connectivity index (χ0n) is 12.2. The monoisotopic (exact) mass is 315 g/mol. The molecule has 0 atom stereocenters. The molecular formula is C15H17N3O3Si. The third-order valence-electron chi connectivity index (χ3n) is 2.65. The lowest BCUT2D eigenvalue weighted by Crippen LogP contribution is -2.57. The summed E-state index contributed by atoms with van der Waals surface area (Å²) in [5.74, 6) is 0. The van der Waals surface area contributed by atoms with Gasteiger partial charge in [-0.3, -0.25) is 0 Å². The van der Waals surface area contributed by atoms with Gasteiger partial charge in [0.1, 0.15) is 0 Å². The molecule has 0 saturated heterocycles. The Morgan fingerprint density at radius 1 is 0.727 bits per heavy atom. The van der Waals surface area contributed by atoms with Gasteiger partial charge < -0.3 is 13.3 Å². The van der Waals surface area contributed by atoms with Crippen molar-refractivity contribution in [1.82, 2.24) is 0 Å². The molecule has 114 valence electrons. The summed E-state index contributed by atoms with van der Waals surface area (Å²) < 4.78 is 17.4. The normalized spacial score (nSPS) is 10.4. The average Bonchev–Trinajstić information content (AvgIpc) is 2.56. The molecule has 0 amide bonds. The number of hydrogen-bond donors (Lipinski definition) is 0. The summed E-state index contributed by atoms with van der Waals surface area (Å²) >= 11 is 0. The van der Waals surface area contributed by atoms with Gasteiger partial charge in [0.25, 0.3) is 0 Å². The Morgan fingerprint density at radius 2 is 1.14 bits per heavy atom. The van der Waals surface area contributed by atoms with Crippen LogP contribution in [0.5, 0.6) is 0 Å². The van der Waals surface area contributed by atoms with E-state index >= 15 is 0 Å². The molecule has 1 rings (SSSR count). The van der Waals surface area contributed by atoms with E-state index in [4.69, 9.17) is 29.1 Å². The highest BCUT2D eigenvalue weighted by Gasteiger charge is 2.43. The lowest BCUT2D eigenvalue weighted by atomic mass is 10.4. The van der Waals surface area contributed by atoms with Gasteiger partial charge in [-0.15, -0.1) is 0 Å². The first-order chi connectivity index (χ1) is 10.8. The summed E-state index contributed by atoms with van der Waals surface area (Å²) in [6.07, 6.45) is 0.639. The van der Waals surface area contributed by atoms with Crippen LogP contribution >= 0.6 is 0 Å². The minimum absolute atomic E-state index is 0.177. The molecule has 1 aromatic rings. The van der Waals surface area contributed by atoms with Gasteiger partial charge in [-0.2, -0.15) is 15.8 Å². The standard InChI is InChI=1S/C15H17N3O3Si/c16-9-4-12-19-22(20-13-5-10-17,21-14-6-11-18)15-7-2-1-3-8-15/h1-3,7-8H,4-6,12-14H2. The number of rotatable bonds is 10. The van der Waals surface area contributed by atoms with Crippen LogP contribution in [0, 0.1) is 34.0 Å². The fourth-order valence-electron chi connectivity index (χ4n) is 1.71. The molecule has 1 aromatic carbocycles. The lowest BCUT2D eigenvalue weighted by Gasteiger charge is -2.29. The highest BCUT2D eigenvalue weighted by atomic mass is 28.4. The Kier molecular flexibility index (Phi) is 8.52. The predicted octanol–water partition coefficient (Wildman–Crippen LogP) is 1.62. The van der Waals surface area contributed by atoms with Crippen molar-refractivity contribution in [1.29, 1.82) is 15.8 Å². The van der Waals surface area contributed by atoms with Crippen molar-refractivity contribution < 1.29 is 13.3 Å². The summed E-state index contributed by atoms with van der Waals surface area (Å²) in [6.45, 7) is 0.532. The van der Waals surface area contributed by atoms with Crippen molar-refractivity contribution in [2.45, 2.75) is 19.3 Å². The van der Waals surface area contributed by atoms with Crippen molar-refractivity contribution in [2.75, 3.05) is 19.8 Å². The Bertz CT molecular complexity index is 510. The van der Waals surface area contributed by atoms with Crippen molar-refractivity contribution >= 4 is 14.0 Å². The first-order valence-corrected chi connectivity index (χ1v) is 8.60. The number of benzene rings is 1. The molecule has 6 nitrogen and oxygen atoms in total. The van der Waals surface area contributed by atoms with E-state index in [2.05, 4.69) is 0 Å². The number of nitriles is 3. The van der Waals surface area contributed by atoms with Crippen LogP contribution in [-0.4, -0.2) is 28.6 Å². The van der Waals surface area contributed by atoms with Crippen LogP contribution in [0.4, 0.5) is 0 Å². The van der Waals surface area contributed by atoms with Gasteiger partial charge in [0.05, 0.1) is 57.3 Å². The van der Waals surface area contributed by atoms with Crippen LogP contribution in [0.25, 0.3) is 0 Å². The molecule has 0 aliphatic heterocycles. The topological polar surface area (TPSA) is 99.1 Å². The summed E-state index contributed by atoms with van der Waals surface area (Å²) in [5, 5.41) is 26.8. The fourth-order valence-corrected chi connectivity index (χ4v) is 4.17. The van der Waals surface area contributed by atoms with Crippen LogP contribution in [0.1, 0.15) is 19.3 Å². The Morgan fingerprint density at radius 3 is 1.50 bits per heavy atom. The molecule has 0 bridgehead atoms. The maximum Gasteiger partial charge on any atom is 0.537 e. The van der Waals surface area contributed by atoms with E-state index in [1.54, 1.807) is 0 Å². The summed E-state index contributed by atoms with van der Waals surface area (Å²) in [4.78, 5) is 0. The first kappa shape index (κ1) is 17.8. The molecule has 0 aliphatic carbocycles. The fraction of sp³-hybridized carbons (Fsp3) is 0.400. The molecule has 0 radical (unpaired) electrons. The first-order valence-electron chi connectivity index (χ1n) is 6.87. The highest BCUT2D eigenvalue weighted by Crippen LogP contribution is 2.12. The molecule has 0 spiro atoms. The summed E-state index contributed by atoms with van der Waals surface area (Å²) in [7, 11) is -3.24. The van der Waals surface area contributed by atoms with E-state index in [9.17, 15) is 0 Å². The average molecular weight is 315 g/mol. The van der Waals surface area contributed by atoms with E-state index in [0.717, 1.165) is 5.19 Å². The van der Waals surface area contributed by atoms with Crippen molar-refractivity contribution in [3.8, 4) is 18.2 Å². The SMILES string of the molecule is N#CCCO[Si](OCCC#N)(OCCC#N)c1ccccc1. The second-order valence-electron chi connectivity index (χ2n) is 4.19. The molecule has 0 aromatic heterocycles. The zero-order chi connectivity index (χ0) is 16.1. The van der Waals surface area contributed by atoms with Gasteiger partial charge in [-0.1, -0.05) is 30.3 Å². The van der Waals surface area contributed by atoms with Crippen LogP contribution < -0.4 is 5.19 Å². The van der Waals surface area contributed by atoms with Crippen molar-refractivity contribution in [2.24, 2.45) is 0 Å². The van der Waals surface area contributed by atoms with E-state index in [-0.39, 0.29) is 39.1 Å². The Hall–Kier alpha value is -2.21. The number of nitrogens with zero attached hydrogens (tertiary/aromatic N) is 3. The molecule has 0 unspecified atom stereocenters.